The molecule has 126 valence electrons. The Balaban J connectivity index is 3.00. The van der Waals surface area contributed by atoms with E-state index in [0.717, 1.165) is 6.07 Å². The summed E-state index contributed by atoms with van der Waals surface area (Å²) in [4.78, 5) is 23.6. The highest BCUT2D eigenvalue weighted by atomic mass is 79.9. The predicted molar refractivity (Wildman–Crippen MR) is 84.8 cm³/mol. The predicted octanol–water partition coefficient (Wildman–Crippen LogP) is 1.19. The summed E-state index contributed by atoms with van der Waals surface area (Å²) >= 11 is 3.10. The minimum atomic E-state index is -1.29. The van der Waals surface area contributed by atoms with Crippen LogP contribution in [0.1, 0.15) is 17.3 Å². The van der Waals surface area contributed by atoms with Crippen LogP contribution in [0.25, 0.3) is 0 Å². The second kappa shape index (κ2) is 8.76. The summed E-state index contributed by atoms with van der Waals surface area (Å²) in [5, 5.41) is 20.6. The number of aliphatic hydroxyl groups excluding tert-OH is 2. The summed E-state index contributed by atoms with van der Waals surface area (Å²) in [5.74, 6) is -2.36. The number of hydrogen-bond donors (Lipinski definition) is 3. The number of benzene rings is 1. The molecule has 1 aromatic carbocycles. The van der Waals surface area contributed by atoms with Gasteiger partial charge in [0, 0.05) is 5.56 Å². The quantitative estimate of drug-likeness (QED) is 0.580. The highest BCUT2D eigenvalue weighted by Crippen LogP contribution is 2.29. The lowest BCUT2D eigenvalue weighted by molar-refractivity contribution is -0.125. The number of hydrogen-bond acceptors (Lipinski definition) is 5. The van der Waals surface area contributed by atoms with Crippen molar-refractivity contribution in [1.29, 1.82) is 0 Å². The molecule has 0 aliphatic heterocycles. The van der Waals surface area contributed by atoms with Gasteiger partial charge in [-0.05, 0) is 35.0 Å². The Morgan fingerprint density at radius 2 is 2.17 bits per heavy atom. The SMILES string of the molecule is C=CCOc1c(F)cc(C(=O)N[C@H](C(=O)CO)[C@@H](C)O)cc1Br. The van der Waals surface area contributed by atoms with Crippen LogP contribution in [0.2, 0.25) is 0 Å². The van der Waals surface area contributed by atoms with Crippen LogP contribution >= 0.6 is 15.9 Å². The van der Waals surface area contributed by atoms with Gasteiger partial charge in [0.2, 0.25) is 0 Å². The zero-order valence-electron chi connectivity index (χ0n) is 12.4. The Morgan fingerprint density at radius 3 is 2.65 bits per heavy atom. The van der Waals surface area contributed by atoms with Crippen LogP contribution in [-0.2, 0) is 4.79 Å². The highest BCUT2D eigenvalue weighted by Gasteiger charge is 2.26. The Hall–Kier alpha value is -1.77. The van der Waals surface area contributed by atoms with E-state index in [4.69, 9.17) is 9.84 Å². The monoisotopic (exact) mass is 389 g/mol. The first kappa shape index (κ1) is 19.3. The number of carbonyl (C=O) groups is 2. The first-order chi connectivity index (χ1) is 10.8. The number of aliphatic hydroxyl groups is 2. The average molecular weight is 390 g/mol. The highest BCUT2D eigenvalue weighted by molar-refractivity contribution is 9.10. The van der Waals surface area contributed by atoms with Crippen molar-refractivity contribution >= 4 is 27.6 Å². The zero-order chi connectivity index (χ0) is 17.6. The second-order valence-corrected chi connectivity index (χ2v) is 5.54. The third kappa shape index (κ3) is 5.12. The lowest BCUT2D eigenvalue weighted by Crippen LogP contribution is -2.48. The normalized spacial score (nSPS) is 13.1. The third-order valence-corrected chi connectivity index (χ3v) is 3.47. The van der Waals surface area contributed by atoms with E-state index in [9.17, 15) is 19.1 Å². The van der Waals surface area contributed by atoms with Gasteiger partial charge in [-0.1, -0.05) is 12.7 Å². The van der Waals surface area contributed by atoms with Crippen molar-refractivity contribution in [2.75, 3.05) is 13.2 Å². The standard InChI is InChI=1S/C15H17BrFNO5/c1-3-4-23-14-10(16)5-9(6-11(14)17)15(22)18-13(8(2)20)12(21)7-19/h3,5-6,8,13,19-20H,1,4,7H2,2H3,(H,18,22)/t8-,13+/m1/s1. The molecule has 0 saturated carbocycles. The summed E-state index contributed by atoms with van der Waals surface area (Å²) in [6.07, 6.45) is 0.238. The van der Waals surface area contributed by atoms with Crippen molar-refractivity contribution in [3.8, 4) is 5.75 Å². The number of rotatable bonds is 8. The fourth-order valence-electron chi connectivity index (χ4n) is 1.76. The maximum absolute atomic E-state index is 14.0. The van der Waals surface area contributed by atoms with E-state index in [2.05, 4.69) is 27.8 Å². The number of nitrogens with one attached hydrogen (secondary N) is 1. The van der Waals surface area contributed by atoms with E-state index in [1.165, 1.54) is 19.1 Å². The molecule has 1 amide bonds. The van der Waals surface area contributed by atoms with E-state index < -0.39 is 36.3 Å². The van der Waals surface area contributed by atoms with Gasteiger partial charge in [0.05, 0.1) is 10.6 Å². The molecule has 6 nitrogen and oxygen atoms in total. The van der Waals surface area contributed by atoms with Crippen molar-refractivity contribution in [2.45, 2.75) is 19.1 Å². The largest absolute Gasteiger partial charge is 0.485 e. The molecule has 1 rings (SSSR count). The number of halogens is 2. The molecule has 0 aromatic heterocycles. The van der Waals surface area contributed by atoms with Crippen LogP contribution in [0, 0.1) is 5.82 Å². The maximum Gasteiger partial charge on any atom is 0.252 e. The Kier molecular flexibility index (Phi) is 7.34. The van der Waals surface area contributed by atoms with Crippen LogP contribution in [-0.4, -0.2) is 47.3 Å². The van der Waals surface area contributed by atoms with Crippen molar-refractivity contribution < 1.29 is 28.9 Å². The molecule has 8 heteroatoms. The van der Waals surface area contributed by atoms with Crippen LogP contribution in [0.3, 0.4) is 0 Å². The molecule has 0 saturated heterocycles. The van der Waals surface area contributed by atoms with Crippen LogP contribution in [0.4, 0.5) is 4.39 Å². The average Bonchev–Trinajstić information content (AvgIpc) is 2.50. The summed E-state index contributed by atoms with van der Waals surface area (Å²) in [7, 11) is 0. The number of carbonyl (C=O) groups excluding carboxylic acids is 2. The summed E-state index contributed by atoms with van der Waals surface area (Å²) < 4.78 is 19.3. The van der Waals surface area contributed by atoms with Gasteiger partial charge < -0.3 is 20.3 Å². The van der Waals surface area contributed by atoms with E-state index in [1.54, 1.807) is 0 Å². The van der Waals surface area contributed by atoms with Crippen molar-refractivity contribution in [1.82, 2.24) is 5.32 Å². The second-order valence-electron chi connectivity index (χ2n) is 4.68. The van der Waals surface area contributed by atoms with Gasteiger partial charge in [0.15, 0.2) is 17.3 Å². The van der Waals surface area contributed by atoms with Crippen LogP contribution in [0.5, 0.6) is 5.75 Å². The van der Waals surface area contributed by atoms with Gasteiger partial charge in [-0.15, -0.1) is 0 Å². The van der Waals surface area contributed by atoms with Gasteiger partial charge in [-0.2, -0.15) is 0 Å². The number of ether oxygens (including phenoxy) is 1. The summed E-state index contributed by atoms with van der Waals surface area (Å²) in [6.45, 7) is 4.01. The molecular formula is C15H17BrFNO5. The number of amides is 1. The third-order valence-electron chi connectivity index (χ3n) is 2.88. The smallest absolute Gasteiger partial charge is 0.252 e. The van der Waals surface area contributed by atoms with Gasteiger partial charge in [-0.25, -0.2) is 4.39 Å². The van der Waals surface area contributed by atoms with Crippen molar-refractivity contribution in [3.63, 3.8) is 0 Å². The lowest BCUT2D eigenvalue weighted by Gasteiger charge is -2.19. The summed E-state index contributed by atoms with van der Waals surface area (Å²) in [5.41, 5.74) is -0.0725. The van der Waals surface area contributed by atoms with E-state index in [1.807, 2.05) is 0 Å². The number of Topliss-reactive ketones (excluding diaryl/α,β-unsaturated/α-hetero) is 1. The number of ketones is 1. The molecule has 0 fully saturated rings. The van der Waals surface area contributed by atoms with Crippen LogP contribution < -0.4 is 10.1 Å². The fraction of sp³-hybridized carbons (Fsp3) is 0.333. The van der Waals surface area contributed by atoms with E-state index >= 15 is 0 Å². The van der Waals surface area contributed by atoms with Crippen LogP contribution in [0.15, 0.2) is 29.3 Å². The molecule has 0 heterocycles. The maximum atomic E-state index is 14.0. The van der Waals surface area contributed by atoms with Gasteiger partial charge >= 0.3 is 0 Å². The topological polar surface area (TPSA) is 95.9 Å². The molecule has 2 atom stereocenters. The molecule has 3 N–H and O–H groups in total. The lowest BCUT2D eigenvalue weighted by atomic mass is 10.1. The Morgan fingerprint density at radius 1 is 1.52 bits per heavy atom. The molecule has 0 unspecified atom stereocenters. The molecular weight excluding hydrogens is 373 g/mol. The molecule has 0 aliphatic carbocycles. The van der Waals surface area contributed by atoms with Gasteiger partial charge in [-0.3, -0.25) is 9.59 Å². The molecule has 0 spiro atoms. The molecule has 1 aromatic rings. The van der Waals surface area contributed by atoms with Gasteiger partial charge in [0.1, 0.15) is 19.3 Å². The Labute approximate surface area is 141 Å². The molecule has 0 aliphatic rings. The fourth-order valence-corrected chi connectivity index (χ4v) is 2.31. The minimum Gasteiger partial charge on any atom is -0.485 e. The Bertz CT molecular complexity index is 583. The first-order valence-corrected chi connectivity index (χ1v) is 7.46. The van der Waals surface area contributed by atoms with Crippen molar-refractivity contribution in [2.24, 2.45) is 0 Å². The first-order valence-electron chi connectivity index (χ1n) is 6.67. The van der Waals surface area contributed by atoms with E-state index in [-0.39, 0.29) is 22.4 Å². The van der Waals surface area contributed by atoms with E-state index in [0.29, 0.717) is 0 Å². The summed E-state index contributed by atoms with van der Waals surface area (Å²) in [6, 6.07) is 0.978. The zero-order valence-corrected chi connectivity index (χ0v) is 14.0. The minimum absolute atomic E-state index is 0.0695. The molecule has 0 radical (unpaired) electrons. The van der Waals surface area contributed by atoms with Crippen molar-refractivity contribution in [3.05, 3.63) is 40.6 Å². The molecule has 23 heavy (non-hydrogen) atoms. The van der Waals surface area contributed by atoms with Gasteiger partial charge in [0.25, 0.3) is 5.91 Å². The molecule has 0 bridgehead atoms.